The number of H-pyrrole nitrogens is 1. The fourth-order valence-corrected chi connectivity index (χ4v) is 1.54. The molecule has 0 radical (unpaired) electrons. The number of nitrogens with zero attached hydrogens (tertiary/aromatic N) is 1. The number of hydrogen-bond acceptors (Lipinski definition) is 2. The Hall–Kier alpha value is -0.830. The maximum absolute atomic E-state index is 3.93. The minimum Gasteiger partial charge on any atom is -0.306 e. The lowest BCUT2D eigenvalue weighted by Gasteiger charge is -2.18. The fraction of sp³-hybridized carbons (Fsp3) is 0.700. The van der Waals surface area contributed by atoms with Crippen molar-refractivity contribution in [2.75, 3.05) is 0 Å². The summed E-state index contributed by atoms with van der Waals surface area (Å²) in [5.41, 5.74) is 1.16. The van der Waals surface area contributed by atoms with Crippen LogP contribution in [-0.2, 0) is 0 Å². The molecule has 1 aromatic rings. The van der Waals surface area contributed by atoms with Gasteiger partial charge < -0.3 is 5.32 Å². The average molecular weight is 181 g/mol. The van der Waals surface area contributed by atoms with Crippen molar-refractivity contribution in [2.24, 2.45) is 0 Å². The lowest BCUT2D eigenvalue weighted by atomic mass is 10.1. The lowest BCUT2D eigenvalue weighted by Crippen LogP contribution is -2.28. The molecule has 0 aliphatic rings. The zero-order chi connectivity index (χ0) is 9.68. The van der Waals surface area contributed by atoms with Crippen molar-refractivity contribution in [3.63, 3.8) is 0 Å². The zero-order valence-corrected chi connectivity index (χ0v) is 8.67. The molecule has 0 fully saturated rings. The molecule has 0 saturated carbocycles. The third-order valence-corrected chi connectivity index (χ3v) is 2.24. The molecule has 2 atom stereocenters. The lowest BCUT2D eigenvalue weighted by molar-refractivity contribution is 0.446. The standard InChI is InChI=1S/C10H19N3/c1-4-5-8(2)12-9(3)10-6-7-11-13-10/h6-9,12H,4-5H2,1-3H3,(H,11,13). The molecular formula is C10H19N3. The smallest absolute Gasteiger partial charge is 0.0518 e. The zero-order valence-electron chi connectivity index (χ0n) is 8.67. The van der Waals surface area contributed by atoms with Crippen molar-refractivity contribution in [2.45, 2.75) is 45.7 Å². The van der Waals surface area contributed by atoms with Gasteiger partial charge in [0.25, 0.3) is 0 Å². The van der Waals surface area contributed by atoms with Crippen LogP contribution in [0, 0.1) is 0 Å². The molecule has 0 amide bonds. The van der Waals surface area contributed by atoms with Gasteiger partial charge in [0.1, 0.15) is 0 Å². The fourth-order valence-electron chi connectivity index (χ4n) is 1.54. The molecule has 3 nitrogen and oxygen atoms in total. The first-order chi connectivity index (χ1) is 6.24. The van der Waals surface area contributed by atoms with Gasteiger partial charge in [-0.15, -0.1) is 0 Å². The summed E-state index contributed by atoms with van der Waals surface area (Å²) in [6, 6.07) is 2.95. The number of aromatic amines is 1. The van der Waals surface area contributed by atoms with Gasteiger partial charge in [0, 0.05) is 18.3 Å². The SMILES string of the molecule is CCCC(C)NC(C)c1ccn[nH]1. The van der Waals surface area contributed by atoms with Crippen molar-refractivity contribution in [1.29, 1.82) is 0 Å². The highest BCUT2D eigenvalue weighted by molar-refractivity contribution is 5.03. The van der Waals surface area contributed by atoms with E-state index >= 15 is 0 Å². The summed E-state index contributed by atoms with van der Waals surface area (Å²) in [6.07, 6.45) is 4.24. The second-order valence-corrected chi connectivity index (χ2v) is 3.59. The molecule has 3 heteroatoms. The Labute approximate surface area is 79.9 Å². The predicted molar refractivity (Wildman–Crippen MR) is 54.5 cm³/mol. The van der Waals surface area contributed by atoms with E-state index in [2.05, 4.69) is 36.3 Å². The van der Waals surface area contributed by atoms with E-state index in [1.165, 1.54) is 12.8 Å². The van der Waals surface area contributed by atoms with Crippen LogP contribution in [0.25, 0.3) is 0 Å². The molecule has 0 aliphatic carbocycles. The summed E-state index contributed by atoms with van der Waals surface area (Å²) in [5, 5.41) is 10.4. The largest absolute Gasteiger partial charge is 0.306 e. The van der Waals surface area contributed by atoms with E-state index in [1.54, 1.807) is 6.20 Å². The molecule has 13 heavy (non-hydrogen) atoms. The Morgan fingerprint density at radius 1 is 1.54 bits per heavy atom. The molecule has 0 aliphatic heterocycles. The second kappa shape index (κ2) is 5.02. The molecule has 0 saturated heterocycles. The summed E-state index contributed by atoms with van der Waals surface area (Å²) < 4.78 is 0. The maximum atomic E-state index is 3.93. The minimum atomic E-state index is 0.365. The minimum absolute atomic E-state index is 0.365. The molecule has 1 rings (SSSR count). The van der Waals surface area contributed by atoms with E-state index in [0.29, 0.717) is 12.1 Å². The summed E-state index contributed by atoms with van der Waals surface area (Å²) in [5.74, 6) is 0. The monoisotopic (exact) mass is 181 g/mol. The van der Waals surface area contributed by atoms with Crippen LogP contribution in [0.15, 0.2) is 12.3 Å². The van der Waals surface area contributed by atoms with Crippen LogP contribution in [0.3, 0.4) is 0 Å². The highest BCUT2D eigenvalue weighted by Gasteiger charge is 2.08. The van der Waals surface area contributed by atoms with Crippen molar-refractivity contribution >= 4 is 0 Å². The first-order valence-corrected chi connectivity index (χ1v) is 4.99. The predicted octanol–water partition coefficient (Wildman–Crippen LogP) is 2.25. The van der Waals surface area contributed by atoms with E-state index in [9.17, 15) is 0 Å². The van der Waals surface area contributed by atoms with Gasteiger partial charge in [0.05, 0.1) is 5.69 Å². The van der Waals surface area contributed by atoms with Crippen LogP contribution < -0.4 is 5.32 Å². The highest BCUT2D eigenvalue weighted by Crippen LogP contribution is 2.09. The Balaban J connectivity index is 2.37. The van der Waals surface area contributed by atoms with E-state index in [-0.39, 0.29) is 0 Å². The van der Waals surface area contributed by atoms with Gasteiger partial charge in [-0.2, -0.15) is 5.10 Å². The number of hydrogen-bond donors (Lipinski definition) is 2. The van der Waals surface area contributed by atoms with Crippen LogP contribution in [0.5, 0.6) is 0 Å². The maximum Gasteiger partial charge on any atom is 0.0518 e. The second-order valence-electron chi connectivity index (χ2n) is 3.59. The van der Waals surface area contributed by atoms with Gasteiger partial charge in [-0.1, -0.05) is 13.3 Å². The van der Waals surface area contributed by atoms with Gasteiger partial charge in [-0.25, -0.2) is 0 Å². The molecule has 0 spiro atoms. The molecule has 2 N–H and O–H groups in total. The van der Waals surface area contributed by atoms with E-state index in [0.717, 1.165) is 5.69 Å². The molecule has 74 valence electrons. The van der Waals surface area contributed by atoms with E-state index in [1.807, 2.05) is 6.07 Å². The van der Waals surface area contributed by atoms with Gasteiger partial charge in [-0.05, 0) is 26.3 Å². The molecule has 1 heterocycles. The van der Waals surface area contributed by atoms with Crippen LogP contribution >= 0.6 is 0 Å². The van der Waals surface area contributed by atoms with Crippen LogP contribution in [0.1, 0.15) is 45.3 Å². The summed E-state index contributed by atoms with van der Waals surface area (Å²) in [6.45, 7) is 6.58. The topological polar surface area (TPSA) is 40.7 Å². The quantitative estimate of drug-likeness (QED) is 0.731. The Morgan fingerprint density at radius 2 is 2.31 bits per heavy atom. The van der Waals surface area contributed by atoms with Crippen molar-refractivity contribution in [3.8, 4) is 0 Å². The molecule has 0 bridgehead atoms. The summed E-state index contributed by atoms with van der Waals surface area (Å²) in [4.78, 5) is 0. The number of aromatic nitrogens is 2. The van der Waals surface area contributed by atoms with Gasteiger partial charge >= 0.3 is 0 Å². The normalized spacial score (nSPS) is 15.6. The van der Waals surface area contributed by atoms with Gasteiger partial charge in [0.2, 0.25) is 0 Å². The molecular weight excluding hydrogens is 162 g/mol. The third kappa shape index (κ3) is 3.19. The van der Waals surface area contributed by atoms with E-state index in [4.69, 9.17) is 0 Å². The average Bonchev–Trinajstić information content (AvgIpc) is 2.55. The Kier molecular flexibility index (Phi) is 3.96. The Morgan fingerprint density at radius 3 is 2.85 bits per heavy atom. The van der Waals surface area contributed by atoms with Crippen molar-refractivity contribution < 1.29 is 0 Å². The summed E-state index contributed by atoms with van der Waals surface area (Å²) in [7, 11) is 0. The van der Waals surface area contributed by atoms with Crippen molar-refractivity contribution in [3.05, 3.63) is 18.0 Å². The third-order valence-electron chi connectivity index (χ3n) is 2.24. The van der Waals surface area contributed by atoms with Gasteiger partial charge in [0.15, 0.2) is 0 Å². The van der Waals surface area contributed by atoms with Crippen LogP contribution in [0.4, 0.5) is 0 Å². The molecule has 0 aromatic carbocycles. The Bertz CT molecular complexity index is 218. The van der Waals surface area contributed by atoms with Crippen LogP contribution in [0.2, 0.25) is 0 Å². The van der Waals surface area contributed by atoms with Crippen LogP contribution in [-0.4, -0.2) is 16.2 Å². The summed E-state index contributed by atoms with van der Waals surface area (Å²) >= 11 is 0. The molecule has 1 aromatic heterocycles. The molecule has 2 unspecified atom stereocenters. The highest BCUT2D eigenvalue weighted by atomic mass is 15.1. The first kappa shape index (κ1) is 10.3. The van der Waals surface area contributed by atoms with Gasteiger partial charge in [-0.3, -0.25) is 5.10 Å². The number of nitrogens with one attached hydrogen (secondary N) is 2. The first-order valence-electron chi connectivity index (χ1n) is 4.99. The van der Waals surface area contributed by atoms with E-state index < -0.39 is 0 Å². The number of rotatable bonds is 5. The van der Waals surface area contributed by atoms with Crippen molar-refractivity contribution in [1.82, 2.24) is 15.5 Å².